The number of halogens is 1. The van der Waals surface area contributed by atoms with E-state index < -0.39 is 0 Å². The molecule has 1 aliphatic heterocycles. The maximum atomic E-state index is 12.0. The number of nitrogens with two attached hydrogens (primary N) is 1. The molecule has 1 unspecified atom stereocenters. The minimum atomic E-state index is 0.00456. The molecule has 1 aromatic carbocycles. The Balaban J connectivity index is 2.24. The van der Waals surface area contributed by atoms with E-state index >= 15 is 0 Å². The second kappa shape index (κ2) is 4.33. The van der Waals surface area contributed by atoms with Crippen molar-refractivity contribution in [1.82, 2.24) is 0 Å². The molecule has 0 saturated carbocycles. The number of carbonyl (C=O) groups is 1. The van der Waals surface area contributed by atoms with Gasteiger partial charge in [0.1, 0.15) is 0 Å². The van der Waals surface area contributed by atoms with Gasteiger partial charge in [-0.1, -0.05) is 0 Å². The average molecular weight is 270 g/mol. The molecule has 0 radical (unpaired) electrons. The standard InChI is InChI=1S/C11H12BrNO2/c12-10-5-8(13)1-2-9(10)11(14)7-3-4-15-6-7/h1-2,5,7H,3-4,6,13H2. The third-order valence-corrected chi connectivity index (χ3v) is 3.22. The van der Waals surface area contributed by atoms with Gasteiger partial charge < -0.3 is 10.5 Å². The minimum absolute atomic E-state index is 0.00456. The molecule has 3 nitrogen and oxygen atoms in total. The van der Waals surface area contributed by atoms with Crippen LogP contribution >= 0.6 is 15.9 Å². The third-order valence-electron chi connectivity index (χ3n) is 2.56. The number of hydrogen-bond donors (Lipinski definition) is 1. The van der Waals surface area contributed by atoms with E-state index in [4.69, 9.17) is 10.5 Å². The molecule has 0 amide bonds. The quantitative estimate of drug-likeness (QED) is 0.662. The molecule has 2 rings (SSSR count). The molecule has 1 atom stereocenters. The Morgan fingerprint density at radius 2 is 2.33 bits per heavy atom. The van der Waals surface area contributed by atoms with E-state index in [1.807, 2.05) is 0 Å². The zero-order valence-electron chi connectivity index (χ0n) is 8.20. The molecular weight excluding hydrogens is 258 g/mol. The first-order valence-electron chi connectivity index (χ1n) is 4.85. The van der Waals surface area contributed by atoms with Crippen molar-refractivity contribution >= 4 is 27.4 Å². The number of carbonyl (C=O) groups excluding carboxylic acids is 1. The van der Waals surface area contributed by atoms with Crippen LogP contribution in [0.2, 0.25) is 0 Å². The van der Waals surface area contributed by atoms with Gasteiger partial charge in [-0.3, -0.25) is 4.79 Å². The number of ether oxygens (including phenoxy) is 1. The van der Waals surface area contributed by atoms with Crippen LogP contribution in [-0.4, -0.2) is 19.0 Å². The first kappa shape index (κ1) is 10.6. The highest BCUT2D eigenvalue weighted by atomic mass is 79.9. The van der Waals surface area contributed by atoms with Crippen molar-refractivity contribution in [3.05, 3.63) is 28.2 Å². The summed E-state index contributed by atoms with van der Waals surface area (Å²) >= 11 is 3.35. The van der Waals surface area contributed by atoms with E-state index in [2.05, 4.69) is 15.9 Å². The lowest BCUT2D eigenvalue weighted by atomic mass is 9.97. The maximum Gasteiger partial charge on any atom is 0.169 e. The zero-order valence-corrected chi connectivity index (χ0v) is 9.79. The van der Waals surface area contributed by atoms with Crippen molar-refractivity contribution in [3.63, 3.8) is 0 Å². The second-order valence-electron chi connectivity index (χ2n) is 3.66. The highest BCUT2D eigenvalue weighted by Gasteiger charge is 2.25. The summed E-state index contributed by atoms with van der Waals surface area (Å²) in [5.41, 5.74) is 6.96. The molecule has 1 aliphatic rings. The van der Waals surface area contributed by atoms with Gasteiger partial charge >= 0.3 is 0 Å². The van der Waals surface area contributed by atoms with Crippen LogP contribution in [-0.2, 0) is 4.74 Å². The Bertz CT molecular complexity index is 386. The van der Waals surface area contributed by atoms with E-state index in [1.54, 1.807) is 18.2 Å². The topological polar surface area (TPSA) is 52.3 Å². The highest BCUT2D eigenvalue weighted by Crippen LogP contribution is 2.25. The molecule has 0 aliphatic carbocycles. The number of benzene rings is 1. The zero-order chi connectivity index (χ0) is 10.8. The lowest BCUT2D eigenvalue weighted by Gasteiger charge is -2.08. The van der Waals surface area contributed by atoms with Gasteiger partial charge in [-0.05, 0) is 40.5 Å². The lowest BCUT2D eigenvalue weighted by Crippen LogP contribution is -2.15. The van der Waals surface area contributed by atoms with Gasteiger partial charge in [0.2, 0.25) is 0 Å². The molecular formula is C11H12BrNO2. The summed E-state index contributed by atoms with van der Waals surface area (Å²) in [6, 6.07) is 5.26. The molecule has 1 heterocycles. The Kier molecular flexibility index (Phi) is 3.07. The predicted molar refractivity (Wildman–Crippen MR) is 61.8 cm³/mol. The molecule has 0 bridgehead atoms. The highest BCUT2D eigenvalue weighted by molar-refractivity contribution is 9.10. The molecule has 0 spiro atoms. The van der Waals surface area contributed by atoms with Gasteiger partial charge in [-0.25, -0.2) is 0 Å². The van der Waals surface area contributed by atoms with Crippen molar-refractivity contribution in [3.8, 4) is 0 Å². The molecule has 1 fully saturated rings. The third kappa shape index (κ3) is 2.21. The van der Waals surface area contributed by atoms with E-state index in [9.17, 15) is 4.79 Å². The van der Waals surface area contributed by atoms with Crippen molar-refractivity contribution in [2.45, 2.75) is 6.42 Å². The smallest absolute Gasteiger partial charge is 0.169 e. The molecule has 2 N–H and O–H groups in total. The SMILES string of the molecule is Nc1ccc(C(=O)C2CCOC2)c(Br)c1. The number of hydrogen-bond acceptors (Lipinski definition) is 3. The van der Waals surface area contributed by atoms with Gasteiger partial charge in [0.25, 0.3) is 0 Å². The second-order valence-corrected chi connectivity index (χ2v) is 4.52. The summed E-state index contributed by atoms with van der Waals surface area (Å²) in [5.74, 6) is 0.143. The first-order chi connectivity index (χ1) is 7.18. The van der Waals surface area contributed by atoms with Crippen LogP contribution in [0.5, 0.6) is 0 Å². The van der Waals surface area contributed by atoms with Crippen molar-refractivity contribution in [2.24, 2.45) is 5.92 Å². The van der Waals surface area contributed by atoms with Gasteiger partial charge in [0.05, 0.1) is 6.61 Å². The van der Waals surface area contributed by atoms with Crippen molar-refractivity contribution < 1.29 is 9.53 Å². The van der Waals surface area contributed by atoms with E-state index in [-0.39, 0.29) is 11.7 Å². The molecule has 15 heavy (non-hydrogen) atoms. The van der Waals surface area contributed by atoms with Crippen LogP contribution in [0.1, 0.15) is 16.8 Å². The fourth-order valence-electron chi connectivity index (χ4n) is 1.69. The first-order valence-corrected chi connectivity index (χ1v) is 5.65. The van der Waals surface area contributed by atoms with Crippen LogP contribution in [0.4, 0.5) is 5.69 Å². The van der Waals surface area contributed by atoms with Gasteiger partial charge in [-0.2, -0.15) is 0 Å². The normalized spacial score (nSPS) is 20.5. The Labute approximate surface area is 96.7 Å². The summed E-state index contributed by atoms with van der Waals surface area (Å²) in [7, 11) is 0. The molecule has 4 heteroatoms. The Hall–Kier alpha value is -0.870. The van der Waals surface area contributed by atoms with E-state index in [0.29, 0.717) is 24.5 Å². The van der Waals surface area contributed by atoms with Crippen LogP contribution in [0.25, 0.3) is 0 Å². The van der Waals surface area contributed by atoms with Crippen molar-refractivity contribution in [2.75, 3.05) is 18.9 Å². The Morgan fingerprint density at radius 1 is 1.53 bits per heavy atom. The predicted octanol–water partition coefficient (Wildman–Crippen LogP) is 2.25. The lowest BCUT2D eigenvalue weighted by molar-refractivity contribution is 0.0899. The maximum absolute atomic E-state index is 12.0. The summed E-state index contributed by atoms with van der Waals surface area (Å²) in [5, 5.41) is 0. The largest absolute Gasteiger partial charge is 0.399 e. The van der Waals surface area contributed by atoms with E-state index in [1.165, 1.54) is 0 Å². The van der Waals surface area contributed by atoms with Crippen LogP contribution in [0.15, 0.2) is 22.7 Å². The van der Waals surface area contributed by atoms with Crippen LogP contribution in [0.3, 0.4) is 0 Å². The van der Waals surface area contributed by atoms with Crippen LogP contribution in [0, 0.1) is 5.92 Å². The monoisotopic (exact) mass is 269 g/mol. The number of rotatable bonds is 2. The summed E-state index contributed by atoms with van der Waals surface area (Å²) in [6.45, 7) is 1.22. The summed E-state index contributed by atoms with van der Waals surface area (Å²) in [4.78, 5) is 12.0. The van der Waals surface area contributed by atoms with Gasteiger partial charge in [0.15, 0.2) is 5.78 Å². The number of ketones is 1. The molecule has 0 aromatic heterocycles. The van der Waals surface area contributed by atoms with E-state index in [0.717, 1.165) is 10.9 Å². The number of Topliss-reactive ketones (excluding diaryl/α,β-unsaturated/α-hetero) is 1. The fraction of sp³-hybridized carbons (Fsp3) is 0.364. The minimum Gasteiger partial charge on any atom is -0.399 e. The molecule has 80 valence electrons. The molecule has 1 aromatic rings. The number of nitrogen functional groups attached to an aromatic ring is 1. The molecule has 1 saturated heterocycles. The van der Waals surface area contributed by atoms with Crippen LogP contribution < -0.4 is 5.73 Å². The fourth-order valence-corrected chi connectivity index (χ4v) is 2.28. The Morgan fingerprint density at radius 3 is 2.93 bits per heavy atom. The number of anilines is 1. The summed E-state index contributed by atoms with van der Waals surface area (Å²) in [6.07, 6.45) is 0.815. The van der Waals surface area contributed by atoms with Gasteiger partial charge in [-0.15, -0.1) is 0 Å². The van der Waals surface area contributed by atoms with Crippen molar-refractivity contribution in [1.29, 1.82) is 0 Å². The average Bonchev–Trinajstić information content (AvgIpc) is 2.69. The summed E-state index contributed by atoms with van der Waals surface area (Å²) < 4.78 is 5.97. The van der Waals surface area contributed by atoms with Gasteiger partial charge in [0, 0.05) is 28.2 Å².